The Morgan fingerprint density at radius 1 is 1.14 bits per heavy atom. The summed E-state index contributed by atoms with van der Waals surface area (Å²) in [6, 6.07) is 0. The van der Waals surface area contributed by atoms with Gasteiger partial charge in [0.1, 0.15) is 0 Å². The molecule has 0 bridgehead atoms. The number of quaternary nitrogens is 1. The lowest BCUT2D eigenvalue weighted by Crippen LogP contribution is -3.00. The van der Waals surface area contributed by atoms with E-state index in [0.717, 1.165) is 17.3 Å². The highest BCUT2D eigenvalue weighted by Gasteiger charge is 2.06. The maximum absolute atomic E-state index is 10.7. The van der Waals surface area contributed by atoms with Gasteiger partial charge in [-0.1, -0.05) is 0 Å². The van der Waals surface area contributed by atoms with Crippen LogP contribution in [0.3, 0.4) is 0 Å². The van der Waals surface area contributed by atoms with E-state index in [1.807, 2.05) is 0 Å². The van der Waals surface area contributed by atoms with E-state index in [-0.39, 0.29) is 18.4 Å². The van der Waals surface area contributed by atoms with Crippen LogP contribution in [-0.4, -0.2) is 45.2 Å². The molecule has 4 heteroatoms. The lowest BCUT2D eigenvalue weighted by Gasteiger charge is -2.23. The second-order valence-electron chi connectivity index (χ2n) is 4.40. The van der Waals surface area contributed by atoms with Crippen LogP contribution >= 0.6 is 0 Å². The van der Waals surface area contributed by atoms with Crippen LogP contribution in [0.15, 0.2) is 0 Å². The molecular formula is C10H22ClNO2. The quantitative estimate of drug-likeness (QED) is 0.309. The Balaban J connectivity index is 0. The topological polar surface area (TPSA) is 26.3 Å². The number of hydrogen-bond donors (Lipinski definition) is 0. The molecule has 0 amide bonds. The molecule has 14 heavy (non-hydrogen) atoms. The van der Waals surface area contributed by atoms with Crippen molar-refractivity contribution >= 4 is 5.97 Å². The van der Waals surface area contributed by atoms with Crippen molar-refractivity contribution in [3.63, 3.8) is 0 Å². The summed E-state index contributed by atoms with van der Waals surface area (Å²) in [6.45, 7) is 1.17. The molecule has 0 aliphatic rings. The monoisotopic (exact) mass is 223 g/mol. The minimum atomic E-state index is -0.0924. The molecule has 0 aromatic rings. The Morgan fingerprint density at radius 3 is 2.14 bits per heavy atom. The summed E-state index contributed by atoms with van der Waals surface area (Å²) in [4.78, 5) is 10.7. The molecule has 0 radical (unpaired) electrons. The van der Waals surface area contributed by atoms with Crippen molar-refractivity contribution in [3.8, 4) is 0 Å². The number of esters is 1. The predicted octanol–water partition coefficient (Wildman–Crippen LogP) is -1.57. The maximum Gasteiger partial charge on any atom is 0.305 e. The first-order chi connectivity index (χ1) is 5.95. The van der Waals surface area contributed by atoms with Crippen LogP contribution in [0.4, 0.5) is 0 Å². The molecule has 3 nitrogen and oxygen atoms in total. The van der Waals surface area contributed by atoms with Crippen molar-refractivity contribution in [2.45, 2.75) is 25.7 Å². The fourth-order valence-electron chi connectivity index (χ4n) is 1.13. The molecule has 0 spiro atoms. The first kappa shape index (κ1) is 16.2. The molecule has 0 aromatic heterocycles. The zero-order chi connectivity index (χ0) is 10.3. The number of hydrogen-bond acceptors (Lipinski definition) is 2. The van der Waals surface area contributed by atoms with E-state index >= 15 is 0 Å². The van der Waals surface area contributed by atoms with Crippen LogP contribution in [0.5, 0.6) is 0 Å². The van der Waals surface area contributed by atoms with Crippen molar-refractivity contribution in [1.29, 1.82) is 0 Å². The molecule has 0 fully saturated rings. The summed E-state index contributed by atoms with van der Waals surface area (Å²) in [6.07, 6.45) is 3.81. The van der Waals surface area contributed by atoms with Gasteiger partial charge in [-0.15, -0.1) is 0 Å². The van der Waals surface area contributed by atoms with Gasteiger partial charge in [-0.05, 0) is 19.3 Å². The van der Waals surface area contributed by atoms with Gasteiger partial charge in [0.2, 0.25) is 0 Å². The standard InChI is InChI=1S/C10H22NO2.ClH/c1-11(2,3)9-7-5-6-8-10(12)13-4;/h5-9H2,1-4H3;1H/q+1;/p-1. The number of rotatable bonds is 6. The fraction of sp³-hybridized carbons (Fsp3) is 0.900. The molecule has 0 saturated heterocycles. The van der Waals surface area contributed by atoms with E-state index in [0.29, 0.717) is 6.42 Å². The average Bonchev–Trinajstić information content (AvgIpc) is 2.01. The van der Waals surface area contributed by atoms with Crippen LogP contribution in [0.2, 0.25) is 0 Å². The Kier molecular flexibility index (Phi) is 9.31. The van der Waals surface area contributed by atoms with Crippen LogP contribution < -0.4 is 12.4 Å². The largest absolute Gasteiger partial charge is 1.00 e. The third-order valence-electron chi connectivity index (χ3n) is 1.94. The highest BCUT2D eigenvalue weighted by molar-refractivity contribution is 5.68. The predicted molar refractivity (Wildman–Crippen MR) is 53.4 cm³/mol. The molecule has 0 aliphatic carbocycles. The highest BCUT2D eigenvalue weighted by atomic mass is 35.5. The lowest BCUT2D eigenvalue weighted by atomic mass is 10.2. The van der Waals surface area contributed by atoms with Crippen molar-refractivity contribution in [2.75, 3.05) is 34.8 Å². The molecule has 0 atom stereocenters. The molecular weight excluding hydrogens is 202 g/mol. The highest BCUT2D eigenvalue weighted by Crippen LogP contribution is 2.03. The zero-order valence-electron chi connectivity index (χ0n) is 9.68. The van der Waals surface area contributed by atoms with E-state index in [1.54, 1.807) is 0 Å². The van der Waals surface area contributed by atoms with E-state index < -0.39 is 0 Å². The van der Waals surface area contributed by atoms with E-state index in [4.69, 9.17) is 0 Å². The molecule has 0 saturated carbocycles. The number of carbonyl (C=O) groups excluding carboxylic acids is 1. The second kappa shape index (κ2) is 8.06. The molecule has 0 unspecified atom stereocenters. The Hall–Kier alpha value is -0.280. The van der Waals surface area contributed by atoms with Gasteiger partial charge in [0.15, 0.2) is 0 Å². The van der Waals surface area contributed by atoms with Crippen molar-refractivity contribution in [2.24, 2.45) is 0 Å². The number of nitrogens with zero attached hydrogens (tertiary/aromatic N) is 1. The summed E-state index contributed by atoms with van der Waals surface area (Å²) in [5.41, 5.74) is 0. The molecule has 0 aliphatic heterocycles. The van der Waals surface area contributed by atoms with Crippen molar-refractivity contribution < 1.29 is 26.4 Å². The van der Waals surface area contributed by atoms with E-state index in [9.17, 15) is 4.79 Å². The number of carbonyl (C=O) groups is 1. The third-order valence-corrected chi connectivity index (χ3v) is 1.94. The average molecular weight is 224 g/mol. The van der Waals surface area contributed by atoms with Gasteiger partial charge >= 0.3 is 5.97 Å². The lowest BCUT2D eigenvalue weighted by molar-refractivity contribution is -0.870. The summed E-state index contributed by atoms with van der Waals surface area (Å²) >= 11 is 0. The summed E-state index contributed by atoms with van der Waals surface area (Å²) < 4.78 is 5.55. The van der Waals surface area contributed by atoms with E-state index in [2.05, 4.69) is 25.9 Å². The summed E-state index contributed by atoms with van der Waals surface area (Å²) in [5.74, 6) is -0.0924. The van der Waals surface area contributed by atoms with Crippen LogP contribution in [0.1, 0.15) is 25.7 Å². The minimum Gasteiger partial charge on any atom is -1.00 e. The Bertz CT molecular complexity index is 155. The first-order valence-corrected chi connectivity index (χ1v) is 4.83. The number of halogens is 1. The Labute approximate surface area is 93.4 Å². The normalized spacial score (nSPS) is 10.6. The number of unbranched alkanes of at least 4 members (excludes halogenated alkanes) is 2. The Morgan fingerprint density at radius 2 is 1.71 bits per heavy atom. The third kappa shape index (κ3) is 11.7. The van der Waals surface area contributed by atoms with Gasteiger partial charge in [-0.3, -0.25) is 4.79 Å². The molecule has 0 heterocycles. The minimum absolute atomic E-state index is 0. The summed E-state index contributed by atoms with van der Waals surface area (Å²) in [5, 5.41) is 0. The van der Waals surface area contributed by atoms with Gasteiger partial charge < -0.3 is 21.6 Å². The van der Waals surface area contributed by atoms with Crippen LogP contribution in [0.25, 0.3) is 0 Å². The van der Waals surface area contributed by atoms with Gasteiger partial charge in [0.25, 0.3) is 0 Å². The maximum atomic E-state index is 10.7. The number of methoxy groups -OCH3 is 1. The smallest absolute Gasteiger partial charge is 0.305 e. The van der Waals surface area contributed by atoms with Crippen molar-refractivity contribution in [1.82, 2.24) is 0 Å². The van der Waals surface area contributed by atoms with E-state index in [1.165, 1.54) is 20.1 Å². The SMILES string of the molecule is COC(=O)CCCCC[N+](C)(C)C.[Cl-]. The van der Waals surface area contributed by atoms with Crippen LogP contribution in [-0.2, 0) is 9.53 Å². The van der Waals surface area contributed by atoms with Gasteiger partial charge in [0.05, 0.1) is 34.8 Å². The van der Waals surface area contributed by atoms with Gasteiger partial charge in [0, 0.05) is 6.42 Å². The first-order valence-electron chi connectivity index (χ1n) is 4.83. The second-order valence-corrected chi connectivity index (χ2v) is 4.40. The fourth-order valence-corrected chi connectivity index (χ4v) is 1.13. The van der Waals surface area contributed by atoms with Gasteiger partial charge in [-0.25, -0.2) is 0 Å². The zero-order valence-corrected chi connectivity index (χ0v) is 10.4. The molecule has 0 aromatic carbocycles. The molecule has 0 rings (SSSR count). The van der Waals surface area contributed by atoms with Gasteiger partial charge in [-0.2, -0.15) is 0 Å². The molecule has 0 N–H and O–H groups in total. The van der Waals surface area contributed by atoms with Crippen LogP contribution in [0, 0.1) is 0 Å². The molecule has 86 valence electrons. The number of ether oxygens (including phenoxy) is 1. The summed E-state index contributed by atoms with van der Waals surface area (Å²) in [7, 11) is 7.98. The van der Waals surface area contributed by atoms with Crippen molar-refractivity contribution in [3.05, 3.63) is 0 Å².